The van der Waals surface area contributed by atoms with Gasteiger partial charge in [-0.15, -0.1) is 12.4 Å². The van der Waals surface area contributed by atoms with Crippen molar-refractivity contribution in [2.45, 2.75) is 24.8 Å². The number of amides is 1. The van der Waals surface area contributed by atoms with Crippen LogP contribution in [0.2, 0.25) is 0 Å². The number of carbonyl (C=O) groups is 1. The highest BCUT2D eigenvalue weighted by molar-refractivity contribution is 5.93. The molecule has 1 aliphatic heterocycles. The van der Waals surface area contributed by atoms with Gasteiger partial charge in [-0.2, -0.15) is 4.98 Å². The number of carbonyl (C=O) groups excluding carboxylic acids is 1. The third-order valence-electron chi connectivity index (χ3n) is 3.59. The summed E-state index contributed by atoms with van der Waals surface area (Å²) < 4.78 is 36.5. The van der Waals surface area contributed by atoms with Gasteiger partial charge in [0.15, 0.2) is 5.82 Å². The molecule has 10 heteroatoms. The minimum atomic E-state index is -2.79. The van der Waals surface area contributed by atoms with Crippen molar-refractivity contribution in [1.82, 2.24) is 15.5 Å². The Kier molecular flexibility index (Phi) is 5.91. The monoisotopic (exact) mass is 374 g/mol. The molecule has 0 spiro atoms. The number of benzene rings is 1. The molecule has 0 radical (unpaired) electrons. The molecule has 1 saturated heterocycles. The highest BCUT2D eigenvalue weighted by atomic mass is 35.5. The summed E-state index contributed by atoms with van der Waals surface area (Å²) in [5, 5.41) is 8.97. The van der Waals surface area contributed by atoms with Crippen molar-refractivity contribution < 1.29 is 22.8 Å². The van der Waals surface area contributed by atoms with Gasteiger partial charge in [-0.25, -0.2) is 8.78 Å². The molecule has 1 atom stereocenters. The van der Waals surface area contributed by atoms with Crippen LogP contribution in [0, 0.1) is 0 Å². The number of anilines is 1. The van der Waals surface area contributed by atoms with Crippen molar-refractivity contribution in [1.29, 1.82) is 0 Å². The van der Waals surface area contributed by atoms with Gasteiger partial charge in [0.1, 0.15) is 5.75 Å². The number of alkyl halides is 2. The molecular weight excluding hydrogens is 358 g/mol. The number of hydrogen-bond acceptors (Lipinski definition) is 6. The van der Waals surface area contributed by atoms with Gasteiger partial charge in [-0.3, -0.25) is 10.1 Å². The number of hydrogen-bond donors (Lipinski definition) is 2. The van der Waals surface area contributed by atoms with Crippen LogP contribution in [0.25, 0.3) is 0 Å². The minimum Gasteiger partial charge on any atom is -0.495 e. The van der Waals surface area contributed by atoms with E-state index in [1.54, 1.807) is 24.3 Å². The van der Waals surface area contributed by atoms with Crippen LogP contribution in [0.3, 0.4) is 0 Å². The zero-order chi connectivity index (χ0) is 17.2. The van der Waals surface area contributed by atoms with Crippen LogP contribution in [0.5, 0.6) is 5.75 Å². The summed E-state index contributed by atoms with van der Waals surface area (Å²) in [6.45, 7) is -0.427. The number of para-hydroxylation sites is 2. The van der Waals surface area contributed by atoms with E-state index in [0.717, 1.165) is 0 Å². The molecule has 0 saturated carbocycles. The normalized spacial score (nSPS) is 18.4. The fourth-order valence-corrected chi connectivity index (χ4v) is 2.46. The summed E-state index contributed by atoms with van der Waals surface area (Å²) in [6.07, 6.45) is -0.535. The summed E-state index contributed by atoms with van der Waals surface area (Å²) in [4.78, 5) is 16.1. The van der Waals surface area contributed by atoms with E-state index in [1.807, 2.05) is 0 Å². The highest BCUT2D eigenvalue weighted by Crippen LogP contribution is 2.33. The molecule has 3 rings (SSSR count). The van der Waals surface area contributed by atoms with Gasteiger partial charge >= 0.3 is 0 Å². The van der Waals surface area contributed by atoms with Gasteiger partial charge in [0.05, 0.1) is 31.8 Å². The number of rotatable bonds is 5. The van der Waals surface area contributed by atoms with Crippen molar-refractivity contribution >= 4 is 24.0 Å². The molecule has 1 aromatic carbocycles. The Hall–Kier alpha value is -2.26. The number of halogens is 3. The van der Waals surface area contributed by atoms with E-state index >= 15 is 0 Å². The highest BCUT2D eigenvalue weighted by Gasteiger charge is 2.42. The molecule has 2 heterocycles. The fraction of sp³-hybridized carbons (Fsp3) is 0.400. The maximum atomic E-state index is 13.2. The first kappa shape index (κ1) is 19.1. The Bertz CT molecular complexity index is 741. The second-order valence-corrected chi connectivity index (χ2v) is 5.47. The summed E-state index contributed by atoms with van der Waals surface area (Å²) in [5.41, 5.74) is 0.519. The van der Waals surface area contributed by atoms with Crippen LogP contribution in [-0.4, -0.2) is 35.6 Å². The standard InChI is InChI=1S/C15H16F2N4O3.ClH/c1-23-11-5-3-2-4-9(11)19-13(22)6-12-20-14(24-21-12)10-7-15(16,17)8-18-10;/h2-5,10,18H,6-8H2,1H3,(H,19,22);1H. The Morgan fingerprint density at radius 2 is 2.24 bits per heavy atom. The first-order chi connectivity index (χ1) is 11.5. The molecule has 7 nitrogen and oxygen atoms in total. The molecule has 1 fully saturated rings. The second kappa shape index (κ2) is 7.75. The van der Waals surface area contributed by atoms with Crippen LogP contribution >= 0.6 is 12.4 Å². The molecule has 1 aromatic heterocycles. The summed E-state index contributed by atoms with van der Waals surface area (Å²) in [5.74, 6) is -2.43. The van der Waals surface area contributed by atoms with Gasteiger partial charge < -0.3 is 14.6 Å². The number of aromatic nitrogens is 2. The SMILES string of the molecule is COc1ccccc1NC(=O)Cc1noc(C2CC(F)(F)CN2)n1.Cl. The van der Waals surface area contributed by atoms with Crippen molar-refractivity contribution in [2.75, 3.05) is 19.0 Å². The van der Waals surface area contributed by atoms with E-state index in [2.05, 4.69) is 20.8 Å². The van der Waals surface area contributed by atoms with Gasteiger partial charge in [0, 0.05) is 6.42 Å². The molecule has 0 bridgehead atoms. The number of nitrogens with one attached hydrogen (secondary N) is 2. The van der Waals surface area contributed by atoms with Crippen LogP contribution in [0.4, 0.5) is 14.5 Å². The van der Waals surface area contributed by atoms with E-state index in [0.29, 0.717) is 11.4 Å². The molecule has 2 N–H and O–H groups in total. The summed E-state index contributed by atoms with van der Waals surface area (Å²) >= 11 is 0. The zero-order valence-electron chi connectivity index (χ0n) is 13.3. The molecule has 136 valence electrons. The lowest BCUT2D eigenvalue weighted by atomic mass is 10.2. The van der Waals surface area contributed by atoms with Crippen molar-refractivity contribution in [3.63, 3.8) is 0 Å². The lowest BCUT2D eigenvalue weighted by Crippen LogP contribution is -2.19. The van der Waals surface area contributed by atoms with Crippen molar-refractivity contribution in [2.24, 2.45) is 0 Å². The smallest absolute Gasteiger partial charge is 0.262 e. The van der Waals surface area contributed by atoms with E-state index < -0.39 is 24.9 Å². The second-order valence-electron chi connectivity index (χ2n) is 5.47. The number of nitrogens with zero attached hydrogens (tertiary/aromatic N) is 2. The Morgan fingerprint density at radius 1 is 1.48 bits per heavy atom. The molecular formula is C15H17ClF2N4O3. The molecule has 1 unspecified atom stereocenters. The van der Waals surface area contributed by atoms with Crippen LogP contribution in [0.15, 0.2) is 28.8 Å². The van der Waals surface area contributed by atoms with Gasteiger partial charge in [-0.1, -0.05) is 17.3 Å². The van der Waals surface area contributed by atoms with Crippen LogP contribution < -0.4 is 15.4 Å². The maximum absolute atomic E-state index is 13.2. The quantitative estimate of drug-likeness (QED) is 0.835. The lowest BCUT2D eigenvalue weighted by Gasteiger charge is -2.08. The van der Waals surface area contributed by atoms with Crippen LogP contribution in [0.1, 0.15) is 24.2 Å². The van der Waals surface area contributed by atoms with E-state index in [-0.39, 0.29) is 36.5 Å². The van der Waals surface area contributed by atoms with Crippen molar-refractivity contribution in [3.05, 3.63) is 36.0 Å². The number of methoxy groups -OCH3 is 1. The van der Waals surface area contributed by atoms with E-state index in [1.165, 1.54) is 7.11 Å². The Morgan fingerprint density at radius 3 is 2.92 bits per heavy atom. The van der Waals surface area contributed by atoms with Gasteiger partial charge in [0.25, 0.3) is 5.92 Å². The summed E-state index contributed by atoms with van der Waals surface area (Å²) in [6, 6.07) is 6.26. The first-order valence-corrected chi connectivity index (χ1v) is 7.33. The van der Waals surface area contributed by atoms with Gasteiger partial charge in [0.2, 0.25) is 11.8 Å². The van der Waals surface area contributed by atoms with Gasteiger partial charge in [-0.05, 0) is 12.1 Å². The topological polar surface area (TPSA) is 89.3 Å². The molecule has 1 amide bonds. The molecule has 1 aliphatic rings. The van der Waals surface area contributed by atoms with E-state index in [4.69, 9.17) is 9.26 Å². The third kappa shape index (κ3) is 4.64. The van der Waals surface area contributed by atoms with E-state index in [9.17, 15) is 13.6 Å². The first-order valence-electron chi connectivity index (χ1n) is 7.33. The maximum Gasteiger partial charge on any atom is 0.262 e. The summed E-state index contributed by atoms with van der Waals surface area (Å²) in [7, 11) is 1.50. The minimum absolute atomic E-state index is 0. The average molecular weight is 375 g/mol. The predicted molar refractivity (Wildman–Crippen MR) is 87.2 cm³/mol. The molecule has 25 heavy (non-hydrogen) atoms. The fourth-order valence-electron chi connectivity index (χ4n) is 2.46. The predicted octanol–water partition coefficient (Wildman–Crippen LogP) is 2.35. The Labute approximate surface area is 148 Å². The average Bonchev–Trinajstić information content (AvgIpc) is 3.14. The van der Waals surface area contributed by atoms with Crippen molar-refractivity contribution in [3.8, 4) is 5.75 Å². The number of ether oxygens (including phenoxy) is 1. The third-order valence-corrected chi connectivity index (χ3v) is 3.59. The molecule has 0 aliphatic carbocycles. The largest absolute Gasteiger partial charge is 0.495 e. The lowest BCUT2D eigenvalue weighted by molar-refractivity contribution is -0.115. The molecule has 2 aromatic rings. The Balaban J connectivity index is 0.00000225. The van der Waals surface area contributed by atoms with Crippen LogP contribution in [-0.2, 0) is 11.2 Å². The zero-order valence-corrected chi connectivity index (χ0v) is 14.1.